The Hall–Kier alpha value is -1.07. The van der Waals surface area contributed by atoms with E-state index in [2.05, 4.69) is 5.10 Å². The molecule has 0 unspecified atom stereocenters. The lowest BCUT2D eigenvalue weighted by Crippen LogP contribution is -2.47. The van der Waals surface area contributed by atoms with Gasteiger partial charge in [-0.25, -0.2) is 0 Å². The molecule has 0 atom stereocenters. The Morgan fingerprint density at radius 3 is 2.50 bits per heavy atom. The molecule has 6 heteroatoms. The summed E-state index contributed by atoms with van der Waals surface area (Å²) in [6.45, 7) is 5.77. The molecule has 0 fully saturated rings. The number of carbonyl (C=O) groups is 1. The van der Waals surface area contributed by atoms with E-state index in [4.69, 9.17) is 11.6 Å². The van der Waals surface area contributed by atoms with Crippen LogP contribution in [0, 0.1) is 0 Å². The lowest BCUT2D eigenvalue weighted by atomic mass is 10.0. The summed E-state index contributed by atoms with van der Waals surface area (Å²) < 4.78 is 1.72. The van der Waals surface area contributed by atoms with Crippen molar-refractivity contribution < 1.29 is 9.90 Å². The highest BCUT2D eigenvalue weighted by Crippen LogP contribution is 2.24. The fourth-order valence-electron chi connectivity index (χ4n) is 1.58. The molecule has 0 spiro atoms. The maximum absolute atomic E-state index is 11.2. The van der Waals surface area contributed by atoms with Crippen LogP contribution in [0.25, 0.3) is 0 Å². The standard InChI is InChI=1S/C12H20ClN3O2/c1-6-8-10(13)9(16(5)14-8)7-15(4)12(2,3)11(17)18/h6-7H2,1-5H3,(H,17,18). The van der Waals surface area contributed by atoms with Gasteiger partial charge in [0.1, 0.15) is 5.54 Å². The average molecular weight is 274 g/mol. The van der Waals surface area contributed by atoms with Gasteiger partial charge in [-0.3, -0.25) is 14.4 Å². The molecule has 0 radical (unpaired) electrons. The monoisotopic (exact) mass is 273 g/mol. The van der Waals surface area contributed by atoms with Gasteiger partial charge >= 0.3 is 5.97 Å². The van der Waals surface area contributed by atoms with Gasteiger partial charge in [-0.05, 0) is 27.3 Å². The molecule has 1 N–H and O–H groups in total. The van der Waals surface area contributed by atoms with Crippen molar-refractivity contribution in [2.24, 2.45) is 7.05 Å². The Labute approximate surface area is 112 Å². The van der Waals surface area contributed by atoms with Crippen LogP contribution in [0.2, 0.25) is 5.02 Å². The first-order valence-corrected chi connectivity index (χ1v) is 6.24. The van der Waals surface area contributed by atoms with Gasteiger partial charge in [0.15, 0.2) is 0 Å². The number of likely N-dealkylation sites (N-methyl/N-ethyl adjacent to an activating group) is 1. The lowest BCUT2D eigenvalue weighted by molar-refractivity contribution is -0.148. The molecule has 1 heterocycles. The molecule has 0 saturated carbocycles. The third kappa shape index (κ3) is 2.67. The lowest BCUT2D eigenvalue weighted by Gasteiger charge is -2.31. The van der Waals surface area contributed by atoms with Crippen LogP contribution in [0.5, 0.6) is 0 Å². The van der Waals surface area contributed by atoms with Gasteiger partial charge in [-0.1, -0.05) is 18.5 Å². The van der Waals surface area contributed by atoms with Gasteiger partial charge in [-0.15, -0.1) is 0 Å². The summed E-state index contributed by atoms with van der Waals surface area (Å²) in [5.74, 6) is -0.862. The van der Waals surface area contributed by atoms with Gasteiger partial charge in [0, 0.05) is 13.6 Å². The molecule has 1 aromatic rings. The molecule has 102 valence electrons. The van der Waals surface area contributed by atoms with Crippen molar-refractivity contribution in [3.8, 4) is 0 Å². The second-order valence-corrected chi connectivity index (χ2v) is 5.28. The quantitative estimate of drug-likeness (QED) is 0.891. The predicted octanol–water partition coefficient (Wildman–Crippen LogP) is 1.93. The highest BCUT2D eigenvalue weighted by molar-refractivity contribution is 6.31. The maximum atomic E-state index is 11.2. The minimum atomic E-state index is -0.944. The van der Waals surface area contributed by atoms with Gasteiger partial charge in [0.05, 0.1) is 16.4 Å². The summed E-state index contributed by atoms with van der Waals surface area (Å²) in [5, 5.41) is 14.1. The molecule has 18 heavy (non-hydrogen) atoms. The summed E-state index contributed by atoms with van der Waals surface area (Å²) in [5.41, 5.74) is 0.737. The summed E-state index contributed by atoms with van der Waals surface area (Å²) in [7, 11) is 3.59. The number of aliphatic carboxylic acids is 1. The molecule has 0 aliphatic carbocycles. The number of rotatable bonds is 5. The van der Waals surface area contributed by atoms with E-state index in [1.807, 2.05) is 14.0 Å². The number of aryl methyl sites for hydroxylation is 2. The normalized spacial score (nSPS) is 12.2. The first-order chi connectivity index (χ1) is 8.21. The SMILES string of the molecule is CCc1nn(C)c(CN(C)C(C)(C)C(=O)O)c1Cl. The van der Waals surface area contributed by atoms with Gasteiger partial charge in [0.25, 0.3) is 0 Å². The molecular formula is C12H20ClN3O2. The molecule has 0 aliphatic rings. The topological polar surface area (TPSA) is 58.4 Å². The Kier molecular flexibility index (Phi) is 4.40. The number of carboxylic acid groups (broad SMARTS) is 1. The van der Waals surface area contributed by atoms with Crippen molar-refractivity contribution >= 4 is 17.6 Å². The molecule has 0 saturated heterocycles. The van der Waals surface area contributed by atoms with Crippen LogP contribution in [0.1, 0.15) is 32.2 Å². The Balaban J connectivity index is 2.98. The number of aromatic nitrogens is 2. The van der Waals surface area contributed by atoms with Crippen molar-refractivity contribution in [3.63, 3.8) is 0 Å². The van der Waals surface area contributed by atoms with Gasteiger partial charge < -0.3 is 5.11 Å². The molecule has 0 amide bonds. The Bertz CT molecular complexity index is 454. The van der Waals surface area contributed by atoms with Crippen molar-refractivity contribution in [2.75, 3.05) is 7.05 Å². The molecule has 5 nitrogen and oxygen atoms in total. The molecular weight excluding hydrogens is 254 g/mol. The van der Waals surface area contributed by atoms with Crippen molar-refractivity contribution in [1.29, 1.82) is 0 Å². The third-order valence-corrected chi connectivity index (χ3v) is 3.80. The van der Waals surface area contributed by atoms with Crippen LogP contribution in [0.15, 0.2) is 0 Å². The maximum Gasteiger partial charge on any atom is 0.323 e. The van der Waals surface area contributed by atoms with Crippen LogP contribution < -0.4 is 0 Å². The van der Waals surface area contributed by atoms with Crippen LogP contribution in [0.4, 0.5) is 0 Å². The Morgan fingerprint density at radius 1 is 1.56 bits per heavy atom. The van der Waals surface area contributed by atoms with Gasteiger partial charge in [0.2, 0.25) is 0 Å². The van der Waals surface area contributed by atoms with Crippen molar-refractivity contribution in [1.82, 2.24) is 14.7 Å². The van der Waals surface area contributed by atoms with Gasteiger partial charge in [-0.2, -0.15) is 5.10 Å². The second kappa shape index (κ2) is 5.28. The first kappa shape index (κ1) is 15.0. The fraction of sp³-hybridized carbons (Fsp3) is 0.667. The number of carboxylic acids is 1. The number of halogens is 1. The minimum Gasteiger partial charge on any atom is -0.480 e. The summed E-state index contributed by atoms with van der Waals surface area (Å²) in [6.07, 6.45) is 0.763. The van der Waals surface area contributed by atoms with E-state index in [0.29, 0.717) is 11.6 Å². The zero-order chi connectivity index (χ0) is 14.1. The van der Waals surface area contributed by atoms with E-state index in [1.54, 1.807) is 30.5 Å². The largest absolute Gasteiger partial charge is 0.480 e. The van der Waals surface area contributed by atoms with Crippen LogP contribution in [-0.2, 0) is 24.8 Å². The third-order valence-electron chi connectivity index (χ3n) is 3.37. The predicted molar refractivity (Wildman–Crippen MR) is 70.8 cm³/mol. The first-order valence-electron chi connectivity index (χ1n) is 5.86. The Morgan fingerprint density at radius 2 is 2.11 bits per heavy atom. The summed E-state index contributed by atoms with van der Waals surface area (Å²) in [6, 6.07) is 0. The number of hydrogen-bond acceptors (Lipinski definition) is 3. The molecule has 0 aromatic carbocycles. The van der Waals surface area contributed by atoms with Crippen LogP contribution in [-0.4, -0.2) is 38.3 Å². The van der Waals surface area contributed by atoms with Crippen molar-refractivity contribution in [3.05, 3.63) is 16.4 Å². The van der Waals surface area contributed by atoms with Crippen LogP contribution >= 0.6 is 11.6 Å². The highest BCUT2D eigenvalue weighted by Gasteiger charge is 2.33. The average Bonchev–Trinajstić information content (AvgIpc) is 2.55. The van der Waals surface area contributed by atoms with E-state index in [9.17, 15) is 9.90 Å². The summed E-state index contributed by atoms with van der Waals surface area (Å²) >= 11 is 6.25. The molecule has 1 aromatic heterocycles. The van der Waals surface area contributed by atoms with Crippen LogP contribution in [0.3, 0.4) is 0 Å². The fourth-order valence-corrected chi connectivity index (χ4v) is 1.93. The zero-order valence-electron chi connectivity index (χ0n) is 11.5. The minimum absolute atomic E-state index is 0.446. The van der Waals surface area contributed by atoms with E-state index in [-0.39, 0.29) is 0 Å². The summed E-state index contributed by atoms with van der Waals surface area (Å²) in [4.78, 5) is 12.9. The zero-order valence-corrected chi connectivity index (χ0v) is 12.2. The van der Waals surface area contributed by atoms with E-state index in [1.165, 1.54) is 0 Å². The molecule has 0 aliphatic heterocycles. The van der Waals surface area contributed by atoms with E-state index >= 15 is 0 Å². The smallest absolute Gasteiger partial charge is 0.323 e. The molecule has 0 bridgehead atoms. The van der Waals surface area contributed by atoms with E-state index in [0.717, 1.165) is 17.8 Å². The number of hydrogen-bond donors (Lipinski definition) is 1. The second-order valence-electron chi connectivity index (χ2n) is 4.90. The highest BCUT2D eigenvalue weighted by atomic mass is 35.5. The number of nitrogens with zero attached hydrogens (tertiary/aromatic N) is 3. The van der Waals surface area contributed by atoms with Crippen molar-refractivity contribution in [2.45, 2.75) is 39.3 Å². The molecule has 1 rings (SSSR count). The van der Waals surface area contributed by atoms with E-state index < -0.39 is 11.5 Å².